The lowest BCUT2D eigenvalue weighted by molar-refractivity contribution is 0.0950. The molecule has 0 fully saturated rings. The van der Waals surface area contributed by atoms with Crippen LogP contribution in [0.25, 0.3) is 0 Å². The number of benzene rings is 1. The third-order valence-corrected chi connectivity index (χ3v) is 2.91. The molecule has 0 aliphatic carbocycles. The van der Waals surface area contributed by atoms with Gasteiger partial charge in [0.05, 0.1) is 13.2 Å². The predicted octanol–water partition coefficient (Wildman–Crippen LogP) is 2.63. The van der Waals surface area contributed by atoms with E-state index in [0.29, 0.717) is 23.6 Å². The summed E-state index contributed by atoms with van der Waals surface area (Å²) in [5.41, 5.74) is 0.562. The van der Waals surface area contributed by atoms with Crippen molar-refractivity contribution in [1.82, 2.24) is 10.6 Å². The Hall–Kier alpha value is -1.46. The van der Waals surface area contributed by atoms with Gasteiger partial charge in [0.2, 0.25) is 0 Å². The highest BCUT2D eigenvalue weighted by Crippen LogP contribution is 2.28. The molecule has 6 heteroatoms. The lowest BCUT2D eigenvalue weighted by Crippen LogP contribution is -2.38. The van der Waals surface area contributed by atoms with Gasteiger partial charge in [-0.2, -0.15) is 0 Å². The van der Waals surface area contributed by atoms with E-state index in [0.717, 1.165) is 6.54 Å². The van der Waals surface area contributed by atoms with Gasteiger partial charge < -0.3 is 20.1 Å². The first-order chi connectivity index (χ1) is 9.97. The number of hydrogen-bond donors (Lipinski definition) is 2. The normalized spacial score (nSPS) is 11.5. The number of carbonyl (C=O) groups is 1. The highest BCUT2D eigenvalue weighted by molar-refractivity contribution is 5.94. The molecule has 0 aliphatic heterocycles. The average molecular weight is 331 g/mol. The molecule has 0 aromatic heterocycles. The van der Waals surface area contributed by atoms with Crippen molar-refractivity contribution in [3.8, 4) is 11.5 Å². The zero-order chi connectivity index (χ0) is 15.8. The number of nitrogens with one attached hydrogen (secondary N) is 2. The summed E-state index contributed by atoms with van der Waals surface area (Å²) in [6.07, 6.45) is 0.0551. The molecule has 0 unspecified atom stereocenters. The van der Waals surface area contributed by atoms with Gasteiger partial charge in [0.25, 0.3) is 5.91 Å². The number of amides is 1. The van der Waals surface area contributed by atoms with Gasteiger partial charge in [-0.25, -0.2) is 0 Å². The highest BCUT2D eigenvalue weighted by atomic mass is 35.5. The Morgan fingerprint density at radius 3 is 2.45 bits per heavy atom. The van der Waals surface area contributed by atoms with E-state index in [4.69, 9.17) is 9.47 Å². The number of rotatable bonds is 8. The van der Waals surface area contributed by atoms with Crippen molar-refractivity contribution >= 4 is 18.3 Å². The Morgan fingerprint density at radius 1 is 1.23 bits per heavy atom. The molecule has 1 amide bonds. The Labute approximate surface area is 139 Å². The second-order valence-electron chi connectivity index (χ2n) is 5.20. The number of likely N-dealkylation sites (N-methyl/N-ethyl adjacent to an activating group) is 1. The monoisotopic (exact) mass is 330 g/mol. The first-order valence-corrected chi connectivity index (χ1v) is 7.34. The van der Waals surface area contributed by atoms with E-state index in [1.54, 1.807) is 25.3 Å². The number of methoxy groups -OCH3 is 1. The van der Waals surface area contributed by atoms with Crippen molar-refractivity contribution in [2.75, 3.05) is 20.2 Å². The van der Waals surface area contributed by atoms with Crippen LogP contribution < -0.4 is 20.1 Å². The maximum absolute atomic E-state index is 12.1. The summed E-state index contributed by atoms with van der Waals surface area (Å²) in [7, 11) is 1.57. The molecular formula is C16H27ClN2O3. The lowest BCUT2D eigenvalue weighted by Gasteiger charge is -2.15. The Bertz CT molecular complexity index is 467. The Balaban J connectivity index is 0.00000441. The number of ether oxygens (including phenoxy) is 2. The van der Waals surface area contributed by atoms with E-state index < -0.39 is 0 Å². The van der Waals surface area contributed by atoms with Crippen molar-refractivity contribution in [1.29, 1.82) is 0 Å². The molecule has 1 atom stereocenters. The van der Waals surface area contributed by atoms with E-state index >= 15 is 0 Å². The maximum Gasteiger partial charge on any atom is 0.251 e. The summed E-state index contributed by atoms with van der Waals surface area (Å²) in [5, 5.41) is 6.14. The van der Waals surface area contributed by atoms with Gasteiger partial charge in [0.1, 0.15) is 0 Å². The van der Waals surface area contributed by atoms with Crippen LogP contribution in [0.3, 0.4) is 0 Å². The van der Waals surface area contributed by atoms with E-state index in [-0.39, 0.29) is 30.5 Å². The summed E-state index contributed by atoms with van der Waals surface area (Å²) in [5.74, 6) is 1.09. The molecular weight excluding hydrogens is 304 g/mol. The first kappa shape index (κ1) is 20.5. The summed E-state index contributed by atoms with van der Waals surface area (Å²) in [6.45, 7) is 9.43. The third kappa shape index (κ3) is 6.54. The molecule has 126 valence electrons. The summed E-state index contributed by atoms with van der Waals surface area (Å²) in [6, 6.07) is 5.45. The van der Waals surface area contributed by atoms with Crippen molar-refractivity contribution < 1.29 is 14.3 Å². The third-order valence-electron chi connectivity index (χ3n) is 2.91. The van der Waals surface area contributed by atoms with Crippen molar-refractivity contribution in [3.63, 3.8) is 0 Å². The van der Waals surface area contributed by atoms with Crippen LogP contribution in [-0.2, 0) is 0 Å². The van der Waals surface area contributed by atoms with Crippen molar-refractivity contribution in [3.05, 3.63) is 23.8 Å². The largest absolute Gasteiger partial charge is 0.493 e. The van der Waals surface area contributed by atoms with Gasteiger partial charge in [0, 0.05) is 18.2 Å². The second kappa shape index (κ2) is 10.3. The molecule has 5 nitrogen and oxygen atoms in total. The van der Waals surface area contributed by atoms with Gasteiger partial charge >= 0.3 is 0 Å². The minimum Gasteiger partial charge on any atom is -0.493 e. The molecule has 22 heavy (non-hydrogen) atoms. The summed E-state index contributed by atoms with van der Waals surface area (Å²) in [4.78, 5) is 12.1. The van der Waals surface area contributed by atoms with Gasteiger partial charge in [-0.05, 0) is 45.5 Å². The molecule has 0 aliphatic rings. The summed E-state index contributed by atoms with van der Waals surface area (Å²) >= 11 is 0. The smallest absolute Gasteiger partial charge is 0.251 e. The van der Waals surface area contributed by atoms with Crippen molar-refractivity contribution in [2.24, 2.45) is 0 Å². The SMILES string of the molecule is CCN[C@H](C)CNC(=O)c1ccc(OC(C)C)c(OC)c1.Cl. The standard InChI is InChI=1S/C16H26N2O3.ClH/c1-6-17-12(4)10-18-16(19)13-7-8-14(21-11(2)3)15(9-13)20-5;/h7-9,11-12,17H,6,10H2,1-5H3,(H,18,19);1H/t12-;/m1./s1. The van der Waals surface area contributed by atoms with Crippen LogP contribution >= 0.6 is 12.4 Å². The van der Waals surface area contributed by atoms with Gasteiger partial charge in [-0.3, -0.25) is 4.79 Å². The number of halogens is 1. The van der Waals surface area contributed by atoms with Gasteiger partial charge in [0.15, 0.2) is 11.5 Å². The summed E-state index contributed by atoms with van der Waals surface area (Å²) < 4.78 is 10.9. The van der Waals surface area contributed by atoms with E-state index in [2.05, 4.69) is 10.6 Å². The molecule has 1 rings (SSSR count). The molecule has 1 aromatic carbocycles. The zero-order valence-corrected chi connectivity index (χ0v) is 14.8. The van der Waals surface area contributed by atoms with E-state index in [9.17, 15) is 4.79 Å². The molecule has 0 bridgehead atoms. The molecule has 1 aromatic rings. The predicted molar refractivity (Wildman–Crippen MR) is 91.5 cm³/mol. The molecule has 0 radical (unpaired) electrons. The Morgan fingerprint density at radius 2 is 1.91 bits per heavy atom. The van der Waals surface area contributed by atoms with Crippen LogP contribution in [0, 0.1) is 0 Å². The van der Waals surface area contributed by atoms with E-state index in [1.165, 1.54) is 0 Å². The molecule has 2 N–H and O–H groups in total. The molecule has 0 saturated carbocycles. The lowest BCUT2D eigenvalue weighted by atomic mass is 10.2. The molecule has 0 saturated heterocycles. The topological polar surface area (TPSA) is 59.6 Å². The first-order valence-electron chi connectivity index (χ1n) is 7.34. The fourth-order valence-corrected chi connectivity index (χ4v) is 1.93. The van der Waals surface area contributed by atoms with Crippen LogP contribution in [0.15, 0.2) is 18.2 Å². The minimum absolute atomic E-state index is 0. The molecule has 0 heterocycles. The van der Waals surface area contributed by atoms with Crippen LogP contribution in [-0.4, -0.2) is 38.3 Å². The van der Waals surface area contributed by atoms with E-state index in [1.807, 2.05) is 27.7 Å². The average Bonchev–Trinajstić information content (AvgIpc) is 2.45. The quantitative estimate of drug-likeness (QED) is 0.769. The number of carbonyl (C=O) groups excluding carboxylic acids is 1. The second-order valence-corrected chi connectivity index (χ2v) is 5.20. The zero-order valence-electron chi connectivity index (χ0n) is 13.9. The fourth-order valence-electron chi connectivity index (χ4n) is 1.93. The van der Waals surface area contributed by atoms with Crippen molar-refractivity contribution in [2.45, 2.75) is 39.8 Å². The van der Waals surface area contributed by atoms with Crippen LogP contribution in [0.5, 0.6) is 11.5 Å². The van der Waals surface area contributed by atoms with Crippen LogP contribution in [0.1, 0.15) is 38.1 Å². The van der Waals surface area contributed by atoms with Gasteiger partial charge in [-0.15, -0.1) is 12.4 Å². The number of hydrogen-bond acceptors (Lipinski definition) is 4. The van der Waals surface area contributed by atoms with Crippen LogP contribution in [0.4, 0.5) is 0 Å². The van der Waals surface area contributed by atoms with Crippen LogP contribution in [0.2, 0.25) is 0 Å². The highest BCUT2D eigenvalue weighted by Gasteiger charge is 2.12. The minimum atomic E-state index is -0.117. The fraction of sp³-hybridized carbons (Fsp3) is 0.562. The van der Waals surface area contributed by atoms with Gasteiger partial charge in [-0.1, -0.05) is 6.92 Å². The maximum atomic E-state index is 12.1. The molecule has 0 spiro atoms. The Kier molecular flexibility index (Phi) is 9.61.